The normalized spacial score (nSPS) is 14.4. The Kier molecular flexibility index (Phi) is 3.26. The predicted octanol–water partition coefficient (Wildman–Crippen LogP) is 2.01. The van der Waals surface area contributed by atoms with Crippen LogP contribution in [0.4, 0.5) is 0 Å². The number of hydrogen-bond acceptors (Lipinski definition) is 3. The fourth-order valence-electron chi connectivity index (χ4n) is 2.33. The maximum absolute atomic E-state index is 12.1. The first-order valence-corrected chi connectivity index (χ1v) is 6.97. The minimum atomic E-state index is -0.0834. The van der Waals surface area contributed by atoms with E-state index in [4.69, 9.17) is 0 Å². The number of carbonyl (C=O) groups excluding carboxylic acids is 2. The van der Waals surface area contributed by atoms with E-state index in [0.29, 0.717) is 23.7 Å². The molecule has 1 N–H and O–H groups in total. The number of aldehydes is 1. The molecule has 0 bridgehead atoms. The highest BCUT2D eigenvalue weighted by molar-refractivity contribution is 6.02. The SMILES string of the molecule is CCn1nc(C=O)c2cc(C(=O)NCC3CC3)ccc21. The number of aryl methyl sites for hydroxylation is 1. The maximum atomic E-state index is 12.1. The smallest absolute Gasteiger partial charge is 0.251 e. The van der Waals surface area contributed by atoms with Gasteiger partial charge in [0.05, 0.1) is 5.52 Å². The molecule has 0 unspecified atom stereocenters. The van der Waals surface area contributed by atoms with Crippen molar-refractivity contribution in [3.63, 3.8) is 0 Å². The van der Waals surface area contributed by atoms with Crippen LogP contribution in [0.1, 0.15) is 40.6 Å². The second kappa shape index (κ2) is 5.07. The number of fused-ring (bicyclic) bond motifs is 1. The van der Waals surface area contributed by atoms with Gasteiger partial charge in [0.1, 0.15) is 5.69 Å². The van der Waals surface area contributed by atoms with E-state index in [1.54, 1.807) is 16.8 Å². The summed E-state index contributed by atoms with van der Waals surface area (Å²) in [6, 6.07) is 5.39. The molecule has 5 nitrogen and oxygen atoms in total. The molecule has 1 aliphatic carbocycles. The molecule has 0 aliphatic heterocycles. The van der Waals surface area contributed by atoms with Crippen LogP contribution in [0.5, 0.6) is 0 Å². The predicted molar refractivity (Wildman–Crippen MR) is 75.9 cm³/mol. The minimum absolute atomic E-state index is 0.0834. The number of carbonyl (C=O) groups is 2. The largest absolute Gasteiger partial charge is 0.352 e. The van der Waals surface area contributed by atoms with Gasteiger partial charge in [0, 0.05) is 24.0 Å². The van der Waals surface area contributed by atoms with Crippen LogP contribution in [0.15, 0.2) is 18.2 Å². The first kappa shape index (κ1) is 12.8. The first-order valence-electron chi connectivity index (χ1n) is 6.97. The Balaban J connectivity index is 1.92. The molecule has 1 aliphatic rings. The van der Waals surface area contributed by atoms with E-state index in [1.807, 2.05) is 13.0 Å². The zero-order valence-corrected chi connectivity index (χ0v) is 11.4. The van der Waals surface area contributed by atoms with Gasteiger partial charge in [0.15, 0.2) is 6.29 Å². The molecule has 1 saturated carbocycles. The van der Waals surface area contributed by atoms with Crippen LogP contribution < -0.4 is 5.32 Å². The average Bonchev–Trinajstić information content (AvgIpc) is 3.24. The average molecular weight is 271 g/mol. The molecular formula is C15H17N3O2. The van der Waals surface area contributed by atoms with Crippen LogP contribution in [0.25, 0.3) is 10.9 Å². The van der Waals surface area contributed by atoms with Crippen LogP contribution in [0.2, 0.25) is 0 Å². The quantitative estimate of drug-likeness (QED) is 0.846. The molecule has 1 aromatic carbocycles. The second-order valence-corrected chi connectivity index (χ2v) is 5.20. The molecule has 1 heterocycles. The first-order chi connectivity index (χ1) is 9.72. The van der Waals surface area contributed by atoms with Crippen LogP contribution in [-0.4, -0.2) is 28.5 Å². The molecule has 0 atom stereocenters. The van der Waals surface area contributed by atoms with Crippen molar-refractivity contribution in [3.05, 3.63) is 29.5 Å². The van der Waals surface area contributed by atoms with Gasteiger partial charge in [0.2, 0.25) is 0 Å². The van der Waals surface area contributed by atoms with E-state index in [0.717, 1.165) is 23.7 Å². The van der Waals surface area contributed by atoms with Crippen molar-refractivity contribution in [2.45, 2.75) is 26.3 Å². The standard InChI is InChI=1S/C15H17N3O2/c1-2-18-14-6-5-11(7-12(14)13(9-19)17-18)15(20)16-8-10-3-4-10/h5-7,9-10H,2-4,8H2,1H3,(H,16,20). The summed E-state index contributed by atoms with van der Waals surface area (Å²) in [5.74, 6) is 0.566. The number of amides is 1. The lowest BCUT2D eigenvalue weighted by molar-refractivity contribution is 0.0951. The number of benzene rings is 1. The van der Waals surface area contributed by atoms with E-state index in [1.165, 1.54) is 12.8 Å². The minimum Gasteiger partial charge on any atom is -0.352 e. The lowest BCUT2D eigenvalue weighted by Crippen LogP contribution is -2.25. The van der Waals surface area contributed by atoms with Gasteiger partial charge < -0.3 is 5.32 Å². The van der Waals surface area contributed by atoms with Crippen molar-refractivity contribution >= 4 is 23.1 Å². The van der Waals surface area contributed by atoms with Crippen LogP contribution in [-0.2, 0) is 6.54 Å². The van der Waals surface area contributed by atoms with Gasteiger partial charge in [-0.1, -0.05) is 0 Å². The van der Waals surface area contributed by atoms with Gasteiger partial charge in [-0.2, -0.15) is 5.10 Å². The molecule has 1 aromatic heterocycles. The molecule has 0 saturated heterocycles. The summed E-state index contributed by atoms with van der Waals surface area (Å²) in [5.41, 5.74) is 1.85. The maximum Gasteiger partial charge on any atom is 0.251 e. The van der Waals surface area contributed by atoms with E-state index in [2.05, 4.69) is 10.4 Å². The van der Waals surface area contributed by atoms with Crippen molar-refractivity contribution < 1.29 is 9.59 Å². The summed E-state index contributed by atoms with van der Waals surface area (Å²) in [5, 5.41) is 7.89. The third-order valence-corrected chi connectivity index (χ3v) is 3.70. The fraction of sp³-hybridized carbons (Fsp3) is 0.400. The molecule has 5 heteroatoms. The van der Waals surface area contributed by atoms with Gasteiger partial charge in [-0.05, 0) is 43.9 Å². The third-order valence-electron chi connectivity index (χ3n) is 3.70. The molecule has 3 rings (SSSR count). The van der Waals surface area contributed by atoms with Crippen LogP contribution in [0.3, 0.4) is 0 Å². The summed E-state index contributed by atoms with van der Waals surface area (Å²) in [4.78, 5) is 23.1. The van der Waals surface area contributed by atoms with Gasteiger partial charge >= 0.3 is 0 Å². The summed E-state index contributed by atoms with van der Waals surface area (Å²) < 4.78 is 1.77. The number of nitrogens with one attached hydrogen (secondary N) is 1. The van der Waals surface area contributed by atoms with E-state index in [9.17, 15) is 9.59 Å². The van der Waals surface area contributed by atoms with Gasteiger partial charge in [-0.3, -0.25) is 14.3 Å². The number of aromatic nitrogens is 2. The van der Waals surface area contributed by atoms with Crippen molar-refractivity contribution in [1.82, 2.24) is 15.1 Å². The molecule has 20 heavy (non-hydrogen) atoms. The Morgan fingerprint density at radius 3 is 2.95 bits per heavy atom. The molecular weight excluding hydrogens is 254 g/mol. The fourth-order valence-corrected chi connectivity index (χ4v) is 2.33. The Labute approximate surface area is 117 Å². The zero-order valence-electron chi connectivity index (χ0n) is 11.4. The summed E-state index contributed by atoms with van der Waals surface area (Å²) >= 11 is 0. The monoisotopic (exact) mass is 271 g/mol. The topological polar surface area (TPSA) is 64.0 Å². The van der Waals surface area contributed by atoms with Crippen LogP contribution in [0, 0.1) is 5.92 Å². The highest BCUT2D eigenvalue weighted by Crippen LogP contribution is 2.27. The Morgan fingerprint density at radius 1 is 1.50 bits per heavy atom. The van der Waals surface area contributed by atoms with E-state index in [-0.39, 0.29) is 5.91 Å². The highest BCUT2D eigenvalue weighted by Gasteiger charge is 2.22. The highest BCUT2D eigenvalue weighted by atomic mass is 16.1. The molecule has 0 spiro atoms. The lowest BCUT2D eigenvalue weighted by atomic mass is 10.1. The summed E-state index contributed by atoms with van der Waals surface area (Å²) in [7, 11) is 0. The zero-order chi connectivity index (χ0) is 14.1. The molecule has 2 aromatic rings. The van der Waals surface area contributed by atoms with Crippen LogP contribution >= 0.6 is 0 Å². The van der Waals surface area contributed by atoms with E-state index < -0.39 is 0 Å². The Morgan fingerprint density at radius 2 is 2.30 bits per heavy atom. The van der Waals surface area contributed by atoms with Gasteiger partial charge in [-0.15, -0.1) is 0 Å². The lowest BCUT2D eigenvalue weighted by Gasteiger charge is -2.04. The van der Waals surface area contributed by atoms with Crippen molar-refractivity contribution in [1.29, 1.82) is 0 Å². The second-order valence-electron chi connectivity index (χ2n) is 5.20. The Bertz CT molecular complexity index is 671. The summed E-state index contributed by atoms with van der Waals surface area (Å²) in [6.45, 7) is 3.40. The molecule has 1 amide bonds. The Hall–Kier alpha value is -2.17. The van der Waals surface area contributed by atoms with Gasteiger partial charge in [-0.25, -0.2) is 0 Å². The number of rotatable bonds is 5. The summed E-state index contributed by atoms with van der Waals surface area (Å²) in [6.07, 6.45) is 3.15. The van der Waals surface area contributed by atoms with Crippen molar-refractivity contribution in [2.24, 2.45) is 5.92 Å². The van der Waals surface area contributed by atoms with E-state index >= 15 is 0 Å². The van der Waals surface area contributed by atoms with Crippen molar-refractivity contribution in [3.8, 4) is 0 Å². The third kappa shape index (κ3) is 2.31. The number of nitrogens with zero attached hydrogens (tertiary/aromatic N) is 2. The molecule has 104 valence electrons. The number of hydrogen-bond donors (Lipinski definition) is 1. The molecule has 1 fully saturated rings. The molecule has 0 radical (unpaired) electrons. The van der Waals surface area contributed by atoms with Crippen molar-refractivity contribution in [2.75, 3.05) is 6.54 Å². The van der Waals surface area contributed by atoms with Gasteiger partial charge in [0.25, 0.3) is 5.91 Å².